The molecule has 0 spiro atoms. The predicted octanol–water partition coefficient (Wildman–Crippen LogP) is 2.39. The van der Waals surface area contributed by atoms with Crippen molar-refractivity contribution in [2.45, 2.75) is 33.1 Å². The van der Waals surface area contributed by atoms with Gasteiger partial charge in [0.2, 0.25) is 0 Å². The van der Waals surface area contributed by atoms with E-state index < -0.39 is 11.8 Å². The maximum absolute atomic E-state index is 11.9. The largest absolute Gasteiger partial charge is 0.488 e. The SMILES string of the molecule is CCOC1=C(c2ccc(C(C)(C)C)cc2)C(=O)NC1=O. The number of hydrogen-bond acceptors (Lipinski definition) is 3. The van der Waals surface area contributed by atoms with Crippen molar-refractivity contribution in [2.24, 2.45) is 0 Å². The summed E-state index contributed by atoms with van der Waals surface area (Å²) in [6, 6.07) is 7.66. The van der Waals surface area contributed by atoms with E-state index in [-0.39, 0.29) is 11.2 Å². The Labute approximate surface area is 118 Å². The molecule has 0 radical (unpaired) electrons. The van der Waals surface area contributed by atoms with E-state index in [1.807, 2.05) is 24.3 Å². The maximum Gasteiger partial charge on any atom is 0.294 e. The number of benzene rings is 1. The van der Waals surface area contributed by atoms with Gasteiger partial charge < -0.3 is 4.74 Å². The Morgan fingerprint density at radius 1 is 1.05 bits per heavy atom. The van der Waals surface area contributed by atoms with Crippen LogP contribution in [0.4, 0.5) is 0 Å². The standard InChI is InChI=1S/C16H19NO3/c1-5-20-13-12(14(18)17-15(13)19)10-6-8-11(9-7-10)16(2,3)4/h6-9H,5H2,1-4H3,(H,17,18,19). The Bertz CT molecular complexity index is 577. The van der Waals surface area contributed by atoms with Crippen LogP contribution in [0.5, 0.6) is 0 Å². The molecule has 0 fully saturated rings. The first kappa shape index (κ1) is 14.3. The van der Waals surface area contributed by atoms with E-state index in [0.29, 0.717) is 17.7 Å². The molecule has 1 heterocycles. The number of nitrogens with one attached hydrogen (secondary N) is 1. The van der Waals surface area contributed by atoms with Crippen molar-refractivity contribution in [3.05, 3.63) is 41.2 Å². The van der Waals surface area contributed by atoms with Crippen LogP contribution in [0.15, 0.2) is 30.0 Å². The maximum atomic E-state index is 11.9. The van der Waals surface area contributed by atoms with Gasteiger partial charge in [-0.15, -0.1) is 0 Å². The van der Waals surface area contributed by atoms with Crippen LogP contribution in [-0.2, 0) is 19.7 Å². The van der Waals surface area contributed by atoms with Crippen LogP contribution in [0.25, 0.3) is 5.57 Å². The summed E-state index contributed by atoms with van der Waals surface area (Å²) in [7, 11) is 0. The van der Waals surface area contributed by atoms with E-state index in [9.17, 15) is 9.59 Å². The first-order valence-corrected chi connectivity index (χ1v) is 6.68. The van der Waals surface area contributed by atoms with Gasteiger partial charge in [-0.05, 0) is 23.5 Å². The first-order chi connectivity index (χ1) is 9.34. The van der Waals surface area contributed by atoms with Crippen LogP contribution in [0, 0.1) is 0 Å². The Hall–Kier alpha value is -2.10. The van der Waals surface area contributed by atoms with E-state index in [1.165, 1.54) is 5.56 Å². The Morgan fingerprint density at radius 2 is 1.65 bits per heavy atom. The Morgan fingerprint density at radius 3 is 2.15 bits per heavy atom. The van der Waals surface area contributed by atoms with Crippen molar-refractivity contribution < 1.29 is 14.3 Å². The van der Waals surface area contributed by atoms with E-state index in [4.69, 9.17) is 4.74 Å². The zero-order valence-electron chi connectivity index (χ0n) is 12.2. The first-order valence-electron chi connectivity index (χ1n) is 6.68. The normalized spacial score (nSPS) is 15.6. The molecule has 1 aliphatic rings. The van der Waals surface area contributed by atoms with Crippen molar-refractivity contribution in [1.82, 2.24) is 5.32 Å². The molecule has 1 N–H and O–H groups in total. The van der Waals surface area contributed by atoms with E-state index in [1.54, 1.807) is 6.92 Å². The van der Waals surface area contributed by atoms with Gasteiger partial charge in [0.1, 0.15) is 0 Å². The van der Waals surface area contributed by atoms with Gasteiger partial charge >= 0.3 is 0 Å². The minimum Gasteiger partial charge on any atom is -0.488 e. The number of imide groups is 1. The third-order valence-electron chi connectivity index (χ3n) is 3.22. The van der Waals surface area contributed by atoms with Crippen LogP contribution in [0.1, 0.15) is 38.8 Å². The third kappa shape index (κ3) is 2.59. The molecule has 2 amide bonds. The number of rotatable bonds is 3. The highest BCUT2D eigenvalue weighted by Crippen LogP contribution is 2.28. The van der Waals surface area contributed by atoms with E-state index >= 15 is 0 Å². The average molecular weight is 273 g/mol. The van der Waals surface area contributed by atoms with Crippen molar-refractivity contribution in [3.8, 4) is 0 Å². The second-order valence-corrected chi connectivity index (χ2v) is 5.75. The van der Waals surface area contributed by atoms with Gasteiger partial charge in [0.05, 0.1) is 12.2 Å². The molecule has 0 aromatic heterocycles. The molecule has 1 aromatic carbocycles. The molecule has 4 nitrogen and oxygen atoms in total. The summed E-state index contributed by atoms with van der Waals surface area (Å²) in [6.07, 6.45) is 0. The summed E-state index contributed by atoms with van der Waals surface area (Å²) in [5, 5.41) is 2.27. The summed E-state index contributed by atoms with van der Waals surface area (Å²) in [5.41, 5.74) is 2.23. The molecular weight excluding hydrogens is 254 g/mol. The summed E-state index contributed by atoms with van der Waals surface area (Å²) in [4.78, 5) is 23.6. The Balaban J connectivity index is 2.44. The fourth-order valence-electron chi connectivity index (χ4n) is 2.12. The topological polar surface area (TPSA) is 55.4 Å². The molecule has 0 bridgehead atoms. The fourth-order valence-corrected chi connectivity index (χ4v) is 2.12. The van der Waals surface area contributed by atoms with Gasteiger partial charge in [0.15, 0.2) is 5.76 Å². The summed E-state index contributed by atoms with van der Waals surface area (Å²) >= 11 is 0. The molecule has 0 unspecified atom stereocenters. The van der Waals surface area contributed by atoms with Gasteiger partial charge in [-0.25, -0.2) is 0 Å². The lowest BCUT2D eigenvalue weighted by Gasteiger charge is -2.19. The number of carbonyl (C=O) groups excluding carboxylic acids is 2. The second kappa shape index (κ2) is 5.12. The average Bonchev–Trinajstić information content (AvgIpc) is 2.64. The third-order valence-corrected chi connectivity index (χ3v) is 3.22. The molecule has 20 heavy (non-hydrogen) atoms. The Kier molecular flexibility index (Phi) is 3.66. The number of hydrogen-bond donors (Lipinski definition) is 1. The molecule has 1 aromatic rings. The van der Waals surface area contributed by atoms with Crippen LogP contribution in [0.2, 0.25) is 0 Å². The van der Waals surface area contributed by atoms with Crippen molar-refractivity contribution in [1.29, 1.82) is 0 Å². The highest BCUT2D eigenvalue weighted by molar-refractivity contribution is 6.35. The molecule has 1 aliphatic heterocycles. The monoisotopic (exact) mass is 273 g/mol. The molecular formula is C16H19NO3. The minimum atomic E-state index is -0.466. The van der Waals surface area contributed by atoms with E-state index in [2.05, 4.69) is 26.1 Å². The molecule has 4 heteroatoms. The highest BCUT2D eigenvalue weighted by atomic mass is 16.5. The molecule has 2 rings (SSSR count). The number of carbonyl (C=O) groups is 2. The van der Waals surface area contributed by atoms with Crippen LogP contribution in [-0.4, -0.2) is 18.4 Å². The summed E-state index contributed by atoms with van der Waals surface area (Å²) in [6.45, 7) is 8.50. The molecule has 0 atom stereocenters. The van der Waals surface area contributed by atoms with Crippen molar-refractivity contribution in [3.63, 3.8) is 0 Å². The van der Waals surface area contributed by atoms with Crippen LogP contribution < -0.4 is 5.32 Å². The molecule has 106 valence electrons. The van der Waals surface area contributed by atoms with Crippen molar-refractivity contribution in [2.75, 3.05) is 6.61 Å². The van der Waals surface area contributed by atoms with Gasteiger partial charge in [0.25, 0.3) is 11.8 Å². The van der Waals surface area contributed by atoms with Crippen molar-refractivity contribution >= 4 is 17.4 Å². The molecule has 0 saturated heterocycles. The smallest absolute Gasteiger partial charge is 0.294 e. The summed E-state index contributed by atoms with van der Waals surface area (Å²) < 4.78 is 5.30. The number of ether oxygens (including phenoxy) is 1. The fraction of sp³-hybridized carbons (Fsp3) is 0.375. The zero-order chi connectivity index (χ0) is 14.9. The molecule has 0 aliphatic carbocycles. The van der Waals surface area contributed by atoms with Crippen LogP contribution in [0.3, 0.4) is 0 Å². The lowest BCUT2D eigenvalue weighted by molar-refractivity contribution is -0.125. The van der Waals surface area contributed by atoms with Crippen LogP contribution >= 0.6 is 0 Å². The minimum absolute atomic E-state index is 0.0451. The summed E-state index contributed by atoms with van der Waals surface area (Å²) in [5.74, 6) is -0.755. The highest BCUT2D eigenvalue weighted by Gasteiger charge is 2.32. The lowest BCUT2D eigenvalue weighted by atomic mass is 9.86. The second-order valence-electron chi connectivity index (χ2n) is 5.75. The van der Waals surface area contributed by atoms with E-state index in [0.717, 1.165) is 0 Å². The van der Waals surface area contributed by atoms with Gasteiger partial charge in [-0.2, -0.15) is 0 Å². The number of amides is 2. The predicted molar refractivity (Wildman–Crippen MR) is 76.8 cm³/mol. The van der Waals surface area contributed by atoms with Gasteiger partial charge in [-0.3, -0.25) is 14.9 Å². The molecule has 0 saturated carbocycles. The zero-order valence-corrected chi connectivity index (χ0v) is 12.2. The van der Waals surface area contributed by atoms with Gasteiger partial charge in [-0.1, -0.05) is 45.0 Å². The quantitative estimate of drug-likeness (QED) is 0.860. The lowest BCUT2D eigenvalue weighted by Crippen LogP contribution is -2.23. The van der Waals surface area contributed by atoms with Gasteiger partial charge in [0, 0.05) is 0 Å².